The van der Waals surface area contributed by atoms with Crippen LogP contribution in [0.2, 0.25) is 5.02 Å². The molecule has 0 unspecified atom stereocenters. The largest absolute Gasteiger partial charge is 0.416 e. The lowest BCUT2D eigenvalue weighted by atomic mass is 10.2. The van der Waals surface area contributed by atoms with Crippen LogP contribution in [0, 0.1) is 0 Å². The third-order valence-electron chi connectivity index (χ3n) is 2.34. The summed E-state index contributed by atoms with van der Waals surface area (Å²) in [6.07, 6.45) is -3.04. The molecule has 7 heteroatoms. The number of aromatic nitrogens is 1. The Morgan fingerprint density at radius 2 is 1.95 bits per heavy atom. The summed E-state index contributed by atoms with van der Waals surface area (Å²) in [4.78, 5) is 3.92. The minimum atomic E-state index is -4.39. The molecule has 2 rings (SSSR count). The van der Waals surface area contributed by atoms with E-state index in [1.807, 2.05) is 0 Å². The van der Waals surface area contributed by atoms with E-state index in [2.05, 4.69) is 10.3 Å². The normalized spacial score (nSPS) is 11.4. The molecule has 0 amide bonds. The van der Waals surface area contributed by atoms with Gasteiger partial charge in [-0.2, -0.15) is 13.2 Å². The van der Waals surface area contributed by atoms with Crippen LogP contribution in [0.3, 0.4) is 0 Å². The molecule has 1 heterocycles. The van der Waals surface area contributed by atoms with Crippen LogP contribution in [-0.2, 0) is 6.18 Å². The molecule has 1 aromatic carbocycles. The average Bonchev–Trinajstić information content (AvgIpc) is 2.32. The Morgan fingerprint density at radius 3 is 2.58 bits per heavy atom. The van der Waals surface area contributed by atoms with Gasteiger partial charge in [0, 0.05) is 11.9 Å². The third-order valence-corrected chi connectivity index (χ3v) is 2.54. The Balaban J connectivity index is 2.29. The van der Waals surface area contributed by atoms with Crippen LogP contribution in [0.25, 0.3) is 0 Å². The van der Waals surface area contributed by atoms with E-state index in [1.54, 1.807) is 0 Å². The molecule has 0 saturated heterocycles. The number of nitrogens with one attached hydrogen (secondary N) is 1. The van der Waals surface area contributed by atoms with Crippen molar-refractivity contribution in [1.82, 2.24) is 4.98 Å². The molecule has 0 atom stereocenters. The number of halogens is 4. The third kappa shape index (κ3) is 3.29. The maximum absolute atomic E-state index is 12.6. The second kappa shape index (κ2) is 4.97. The molecular formula is C12H9ClF3N3. The molecule has 0 radical (unpaired) electrons. The number of hydrogen-bond acceptors (Lipinski definition) is 3. The van der Waals surface area contributed by atoms with Crippen molar-refractivity contribution in [3.8, 4) is 0 Å². The highest BCUT2D eigenvalue weighted by molar-refractivity contribution is 6.30. The summed E-state index contributed by atoms with van der Waals surface area (Å²) in [5, 5.41) is 3.07. The molecule has 19 heavy (non-hydrogen) atoms. The van der Waals surface area contributed by atoms with E-state index in [4.69, 9.17) is 17.3 Å². The van der Waals surface area contributed by atoms with Crippen LogP contribution in [-0.4, -0.2) is 4.98 Å². The highest BCUT2D eigenvalue weighted by Crippen LogP contribution is 2.32. The van der Waals surface area contributed by atoms with Crippen molar-refractivity contribution in [3.05, 3.63) is 47.1 Å². The van der Waals surface area contributed by atoms with E-state index in [1.165, 1.54) is 24.4 Å². The van der Waals surface area contributed by atoms with Crippen LogP contribution >= 0.6 is 11.6 Å². The number of anilines is 3. The Labute approximate surface area is 112 Å². The number of alkyl halides is 3. The minimum Gasteiger partial charge on any atom is -0.396 e. The number of benzene rings is 1. The first kappa shape index (κ1) is 13.5. The number of rotatable bonds is 2. The van der Waals surface area contributed by atoms with Crippen molar-refractivity contribution in [2.45, 2.75) is 6.18 Å². The molecule has 0 fully saturated rings. The van der Waals surface area contributed by atoms with E-state index >= 15 is 0 Å². The SMILES string of the molecule is Nc1cc(Cl)cnc1Nc1cccc(C(F)(F)F)c1. The van der Waals surface area contributed by atoms with E-state index in [-0.39, 0.29) is 17.2 Å². The van der Waals surface area contributed by atoms with Crippen molar-refractivity contribution in [3.63, 3.8) is 0 Å². The molecule has 0 aliphatic heterocycles. The summed E-state index contributed by atoms with van der Waals surface area (Å²) >= 11 is 5.69. The molecule has 3 N–H and O–H groups in total. The first-order valence-electron chi connectivity index (χ1n) is 5.21. The van der Waals surface area contributed by atoms with Gasteiger partial charge in [0.15, 0.2) is 5.82 Å². The Bertz CT molecular complexity index is 599. The van der Waals surface area contributed by atoms with Gasteiger partial charge in [0.1, 0.15) is 0 Å². The van der Waals surface area contributed by atoms with Crippen LogP contribution in [0.1, 0.15) is 5.56 Å². The Morgan fingerprint density at radius 1 is 1.21 bits per heavy atom. The highest BCUT2D eigenvalue weighted by atomic mass is 35.5. The molecule has 0 spiro atoms. The summed E-state index contributed by atoms with van der Waals surface area (Å²) < 4.78 is 37.7. The second-order valence-corrected chi connectivity index (χ2v) is 4.23. The maximum Gasteiger partial charge on any atom is 0.416 e. The van der Waals surface area contributed by atoms with Crippen molar-refractivity contribution >= 4 is 28.8 Å². The molecule has 100 valence electrons. The van der Waals surface area contributed by atoms with Crippen LogP contribution in [0.5, 0.6) is 0 Å². The van der Waals surface area contributed by atoms with Gasteiger partial charge in [-0.1, -0.05) is 17.7 Å². The van der Waals surface area contributed by atoms with Gasteiger partial charge in [0.25, 0.3) is 0 Å². The van der Waals surface area contributed by atoms with Crippen molar-refractivity contribution in [2.24, 2.45) is 0 Å². The molecular weight excluding hydrogens is 279 g/mol. The lowest BCUT2D eigenvalue weighted by molar-refractivity contribution is -0.137. The second-order valence-electron chi connectivity index (χ2n) is 3.79. The van der Waals surface area contributed by atoms with Crippen molar-refractivity contribution in [1.29, 1.82) is 0 Å². The predicted molar refractivity (Wildman–Crippen MR) is 68.4 cm³/mol. The minimum absolute atomic E-state index is 0.247. The summed E-state index contributed by atoms with van der Waals surface area (Å²) in [6, 6.07) is 6.23. The van der Waals surface area contributed by atoms with Crippen molar-refractivity contribution < 1.29 is 13.2 Å². The van der Waals surface area contributed by atoms with Crippen LogP contribution < -0.4 is 11.1 Å². The molecule has 0 aliphatic carbocycles. The van der Waals surface area contributed by atoms with Crippen LogP contribution in [0.15, 0.2) is 36.5 Å². The topological polar surface area (TPSA) is 50.9 Å². The van der Waals surface area contributed by atoms with E-state index in [0.717, 1.165) is 12.1 Å². The summed E-state index contributed by atoms with van der Waals surface area (Å²) in [5.41, 5.74) is 5.42. The lowest BCUT2D eigenvalue weighted by Crippen LogP contribution is -2.05. The lowest BCUT2D eigenvalue weighted by Gasteiger charge is -2.11. The van der Waals surface area contributed by atoms with Gasteiger partial charge in [-0.3, -0.25) is 0 Å². The first-order valence-corrected chi connectivity index (χ1v) is 5.59. The maximum atomic E-state index is 12.6. The number of nitrogen functional groups attached to an aromatic ring is 1. The van der Waals surface area contributed by atoms with E-state index in [9.17, 15) is 13.2 Å². The number of pyridine rings is 1. The van der Waals surface area contributed by atoms with E-state index in [0.29, 0.717) is 5.02 Å². The van der Waals surface area contributed by atoms with E-state index < -0.39 is 11.7 Å². The Hall–Kier alpha value is -1.95. The molecule has 2 aromatic rings. The zero-order valence-electron chi connectivity index (χ0n) is 9.50. The van der Waals surface area contributed by atoms with Crippen molar-refractivity contribution in [2.75, 3.05) is 11.1 Å². The molecule has 0 saturated carbocycles. The van der Waals surface area contributed by atoms with Gasteiger partial charge in [-0.25, -0.2) is 4.98 Å². The number of nitrogens with two attached hydrogens (primary N) is 1. The summed E-state index contributed by atoms with van der Waals surface area (Å²) in [7, 11) is 0. The smallest absolute Gasteiger partial charge is 0.396 e. The van der Waals surface area contributed by atoms with Gasteiger partial charge in [0.05, 0.1) is 16.3 Å². The van der Waals surface area contributed by atoms with Gasteiger partial charge in [-0.05, 0) is 24.3 Å². The molecule has 0 bridgehead atoms. The molecule has 0 aliphatic rings. The predicted octanol–water partition coefficient (Wildman–Crippen LogP) is 4.08. The van der Waals surface area contributed by atoms with Gasteiger partial charge in [-0.15, -0.1) is 0 Å². The monoisotopic (exact) mass is 287 g/mol. The fraction of sp³-hybridized carbons (Fsp3) is 0.0833. The number of nitrogens with zero attached hydrogens (tertiary/aromatic N) is 1. The Kier molecular flexibility index (Phi) is 3.53. The quantitative estimate of drug-likeness (QED) is 0.875. The zero-order chi connectivity index (χ0) is 14.0. The first-order chi connectivity index (χ1) is 8.86. The fourth-order valence-corrected chi connectivity index (χ4v) is 1.64. The van der Waals surface area contributed by atoms with Crippen LogP contribution in [0.4, 0.5) is 30.4 Å². The summed E-state index contributed by atoms with van der Waals surface area (Å²) in [5.74, 6) is 0.253. The molecule has 1 aromatic heterocycles. The molecule has 3 nitrogen and oxygen atoms in total. The highest BCUT2D eigenvalue weighted by Gasteiger charge is 2.30. The number of hydrogen-bond donors (Lipinski definition) is 2. The fourth-order valence-electron chi connectivity index (χ4n) is 1.47. The van der Waals surface area contributed by atoms with Gasteiger partial charge in [0.2, 0.25) is 0 Å². The standard InChI is InChI=1S/C12H9ClF3N3/c13-8-5-10(17)11(18-6-8)19-9-3-1-2-7(4-9)12(14,15)16/h1-6H,17H2,(H,18,19). The average molecular weight is 288 g/mol. The van der Waals surface area contributed by atoms with Gasteiger partial charge < -0.3 is 11.1 Å². The van der Waals surface area contributed by atoms with Gasteiger partial charge >= 0.3 is 6.18 Å². The summed E-state index contributed by atoms with van der Waals surface area (Å²) in [6.45, 7) is 0. The zero-order valence-corrected chi connectivity index (χ0v) is 10.3.